The highest BCUT2D eigenvalue weighted by Crippen LogP contribution is 2.39. The zero-order chi connectivity index (χ0) is 24.7. The molecule has 0 unspecified atom stereocenters. The zero-order valence-corrected chi connectivity index (χ0v) is 21.7. The van der Waals surface area contributed by atoms with Gasteiger partial charge in [0.1, 0.15) is 23.8 Å². The lowest BCUT2D eigenvalue weighted by Gasteiger charge is -2.45. The number of likely N-dealkylation sites (tertiary alicyclic amines) is 1. The molecule has 1 amide bonds. The molecule has 35 heavy (non-hydrogen) atoms. The van der Waals surface area contributed by atoms with Crippen LogP contribution in [0.25, 0.3) is 0 Å². The molecule has 2 aliphatic heterocycles. The quantitative estimate of drug-likeness (QED) is 0.612. The van der Waals surface area contributed by atoms with Crippen LogP contribution in [0.2, 0.25) is 0 Å². The SMILES string of the molecule is COc1ccnc(C(=O)N2CCC3(CCCCc4ccccc4OCCN(CC(C)C)C3)CC2)c1. The van der Waals surface area contributed by atoms with Gasteiger partial charge in [0.15, 0.2) is 0 Å². The van der Waals surface area contributed by atoms with Crippen molar-refractivity contribution in [1.29, 1.82) is 0 Å². The molecule has 1 spiro atoms. The second-order valence-corrected chi connectivity index (χ2v) is 10.7. The van der Waals surface area contributed by atoms with E-state index in [2.05, 4.69) is 48.0 Å². The first-order valence-corrected chi connectivity index (χ1v) is 13.2. The van der Waals surface area contributed by atoms with Gasteiger partial charge in [-0.3, -0.25) is 14.7 Å². The molecule has 0 aliphatic carbocycles. The lowest BCUT2D eigenvalue weighted by atomic mass is 9.73. The Kier molecular flexibility index (Phi) is 8.66. The number of ether oxygens (including phenoxy) is 2. The lowest BCUT2D eigenvalue weighted by molar-refractivity contribution is 0.0351. The number of hydrogen-bond acceptors (Lipinski definition) is 5. The maximum Gasteiger partial charge on any atom is 0.272 e. The van der Waals surface area contributed by atoms with Crippen LogP contribution in [0.3, 0.4) is 0 Å². The van der Waals surface area contributed by atoms with E-state index in [4.69, 9.17) is 9.47 Å². The number of pyridine rings is 1. The molecule has 3 heterocycles. The number of nitrogens with zero attached hydrogens (tertiary/aromatic N) is 3. The van der Waals surface area contributed by atoms with Crippen molar-refractivity contribution in [2.24, 2.45) is 11.3 Å². The van der Waals surface area contributed by atoms with Crippen molar-refractivity contribution in [3.05, 3.63) is 53.9 Å². The molecule has 6 heteroatoms. The molecule has 2 aliphatic rings. The van der Waals surface area contributed by atoms with Gasteiger partial charge < -0.3 is 14.4 Å². The summed E-state index contributed by atoms with van der Waals surface area (Å²) >= 11 is 0. The summed E-state index contributed by atoms with van der Waals surface area (Å²) < 4.78 is 11.5. The van der Waals surface area contributed by atoms with Crippen molar-refractivity contribution in [1.82, 2.24) is 14.8 Å². The number of fused-ring (bicyclic) bond motifs is 1. The largest absolute Gasteiger partial charge is 0.497 e. The Morgan fingerprint density at radius 2 is 1.91 bits per heavy atom. The summed E-state index contributed by atoms with van der Waals surface area (Å²) in [6, 6.07) is 12.0. The third-order valence-corrected chi connectivity index (χ3v) is 7.52. The maximum atomic E-state index is 13.2. The summed E-state index contributed by atoms with van der Waals surface area (Å²) in [6.45, 7) is 9.96. The van der Waals surface area contributed by atoms with Crippen LogP contribution in [0.4, 0.5) is 0 Å². The topological polar surface area (TPSA) is 54.9 Å². The minimum atomic E-state index is 0.0101. The Morgan fingerprint density at radius 1 is 1.11 bits per heavy atom. The fourth-order valence-corrected chi connectivity index (χ4v) is 5.67. The molecule has 0 bridgehead atoms. The molecule has 0 saturated carbocycles. The first-order chi connectivity index (χ1) is 17.0. The van der Waals surface area contributed by atoms with E-state index in [-0.39, 0.29) is 11.3 Å². The van der Waals surface area contributed by atoms with Crippen LogP contribution in [-0.4, -0.2) is 67.1 Å². The minimum absolute atomic E-state index is 0.0101. The summed E-state index contributed by atoms with van der Waals surface area (Å²) in [5, 5.41) is 0. The molecule has 6 nitrogen and oxygen atoms in total. The molecule has 2 aromatic rings. The van der Waals surface area contributed by atoms with Crippen molar-refractivity contribution in [3.63, 3.8) is 0 Å². The number of benzene rings is 1. The Balaban J connectivity index is 1.46. The first-order valence-electron chi connectivity index (χ1n) is 13.2. The Bertz CT molecular complexity index is 969. The number of para-hydroxylation sites is 1. The number of aryl methyl sites for hydroxylation is 1. The van der Waals surface area contributed by atoms with E-state index in [1.54, 1.807) is 25.4 Å². The van der Waals surface area contributed by atoms with Gasteiger partial charge in [0, 0.05) is 45.0 Å². The van der Waals surface area contributed by atoms with Gasteiger partial charge in [-0.2, -0.15) is 0 Å². The number of aromatic nitrogens is 1. The number of amides is 1. The molecular weight excluding hydrogens is 438 g/mol. The van der Waals surface area contributed by atoms with Crippen LogP contribution in [0.15, 0.2) is 42.6 Å². The average Bonchev–Trinajstić information content (AvgIpc) is 2.86. The molecule has 1 aromatic heterocycles. The van der Waals surface area contributed by atoms with E-state index in [9.17, 15) is 4.79 Å². The standard InChI is InChI=1S/C29H41N3O3/c1-23(2)21-31-18-19-35-27-10-5-4-8-24(27)9-6-7-12-29(22-31)13-16-32(17-14-29)28(33)26-20-25(34-3)11-15-30-26/h4-5,8,10-11,15,20,23H,6-7,9,12-14,16-19,21-22H2,1-3H3. The van der Waals surface area contributed by atoms with Gasteiger partial charge in [-0.25, -0.2) is 0 Å². The van der Waals surface area contributed by atoms with E-state index < -0.39 is 0 Å². The van der Waals surface area contributed by atoms with Crippen LogP contribution in [0.5, 0.6) is 11.5 Å². The van der Waals surface area contributed by atoms with Crippen LogP contribution in [0.1, 0.15) is 62.0 Å². The summed E-state index contributed by atoms with van der Waals surface area (Å²) in [5.41, 5.74) is 2.03. The Hall–Kier alpha value is -2.60. The minimum Gasteiger partial charge on any atom is -0.497 e. The van der Waals surface area contributed by atoms with Crippen LogP contribution in [-0.2, 0) is 6.42 Å². The van der Waals surface area contributed by atoms with Gasteiger partial charge in [0.05, 0.1) is 7.11 Å². The maximum absolute atomic E-state index is 13.2. The number of rotatable bonds is 4. The smallest absolute Gasteiger partial charge is 0.272 e. The highest BCUT2D eigenvalue weighted by molar-refractivity contribution is 5.92. The summed E-state index contributed by atoms with van der Waals surface area (Å²) in [7, 11) is 1.62. The zero-order valence-electron chi connectivity index (χ0n) is 21.7. The highest BCUT2D eigenvalue weighted by atomic mass is 16.5. The predicted molar refractivity (Wildman–Crippen MR) is 139 cm³/mol. The third-order valence-electron chi connectivity index (χ3n) is 7.52. The first kappa shape index (κ1) is 25.5. The summed E-state index contributed by atoms with van der Waals surface area (Å²) in [6.07, 6.45) is 8.37. The van der Waals surface area contributed by atoms with Gasteiger partial charge in [-0.1, -0.05) is 38.5 Å². The molecular formula is C29H41N3O3. The summed E-state index contributed by atoms with van der Waals surface area (Å²) in [4.78, 5) is 22.0. The normalized spacial score (nSPS) is 19.4. The average molecular weight is 480 g/mol. The van der Waals surface area contributed by atoms with Gasteiger partial charge in [0.2, 0.25) is 0 Å². The molecule has 1 saturated heterocycles. The lowest BCUT2D eigenvalue weighted by Crippen LogP contribution is -2.49. The van der Waals surface area contributed by atoms with Crippen molar-refractivity contribution in [2.75, 3.05) is 46.4 Å². The highest BCUT2D eigenvalue weighted by Gasteiger charge is 2.37. The Morgan fingerprint density at radius 3 is 2.69 bits per heavy atom. The van der Waals surface area contributed by atoms with Crippen LogP contribution in [0, 0.1) is 11.3 Å². The van der Waals surface area contributed by atoms with Gasteiger partial charge in [-0.05, 0) is 61.1 Å². The fourth-order valence-electron chi connectivity index (χ4n) is 5.67. The van der Waals surface area contributed by atoms with E-state index in [1.165, 1.54) is 24.8 Å². The number of carbonyl (C=O) groups is 1. The van der Waals surface area contributed by atoms with Crippen molar-refractivity contribution in [3.8, 4) is 11.5 Å². The monoisotopic (exact) mass is 479 g/mol. The van der Waals surface area contributed by atoms with Crippen molar-refractivity contribution >= 4 is 5.91 Å². The molecule has 0 radical (unpaired) electrons. The number of carbonyl (C=O) groups excluding carboxylic acids is 1. The third kappa shape index (κ3) is 6.75. The molecule has 1 aromatic carbocycles. The van der Waals surface area contributed by atoms with Gasteiger partial charge in [-0.15, -0.1) is 0 Å². The Labute approximate surface area is 210 Å². The second-order valence-electron chi connectivity index (χ2n) is 10.7. The second kappa shape index (κ2) is 11.9. The fraction of sp³-hybridized carbons (Fsp3) is 0.586. The molecule has 4 rings (SSSR count). The molecule has 0 N–H and O–H groups in total. The van der Waals surface area contributed by atoms with Crippen molar-refractivity contribution in [2.45, 2.75) is 52.4 Å². The van der Waals surface area contributed by atoms with Gasteiger partial charge >= 0.3 is 0 Å². The molecule has 190 valence electrons. The van der Waals surface area contributed by atoms with E-state index in [0.29, 0.717) is 24.0 Å². The number of piperidine rings is 1. The number of hydrogen-bond donors (Lipinski definition) is 0. The van der Waals surface area contributed by atoms with Crippen molar-refractivity contribution < 1.29 is 14.3 Å². The van der Waals surface area contributed by atoms with Crippen LogP contribution >= 0.6 is 0 Å². The molecule has 1 fully saturated rings. The van der Waals surface area contributed by atoms with E-state index >= 15 is 0 Å². The summed E-state index contributed by atoms with van der Waals surface area (Å²) in [5.74, 6) is 2.33. The number of methoxy groups -OCH3 is 1. The van der Waals surface area contributed by atoms with E-state index in [1.807, 2.05) is 4.90 Å². The molecule has 0 atom stereocenters. The van der Waals surface area contributed by atoms with Crippen LogP contribution < -0.4 is 9.47 Å². The van der Waals surface area contributed by atoms with E-state index in [0.717, 1.165) is 57.7 Å². The van der Waals surface area contributed by atoms with Gasteiger partial charge in [0.25, 0.3) is 5.91 Å². The predicted octanol–water partition coefficient (Wildman–Crippen LogP) is 5.08.